The minimum Gasteiger partial charge on any atom is -0.480 e. The van der Waals surface area contributed by atoms with Crippen molar-refractivity contribution < 1.29 is 22.8 Å². The number of aliphatic carboxylic acids is 1. The number of aryl methyl sites for hydroxylation is 1. The predicted octanol–water partition coefficient (Wildman–Crippen LogP) is 2.47. The molecule has 3 heterocycles. The van der Waals surface area contributed by atoms with Crippen LogP contribution in [-0.4, -0.2) is 46.5 Å². The lowest BCUT2D eigenvalue weighted by Gasteiger charge is -2.20. The molecule has 0 spiro atoms. The van der Waals surface area contributed by atoms with Crippen LogP contribution >= 0.6 is 11.3 Å². The molecule has 0 bridgehead atoms. The van der Waals surface area contributed by atoms with E-state index in [4.69, 9.17) is 4.52 Å². The Kier molecular flexibility index (Phi) is 4.69. The molecule has 1 fully saturated rings. The summed E-state index contributed by atoms with van der Waals surface area (Å²) in [6.45, 7) is 5.75. The van der Waals surface area contributed by atoms with E-state index >= 15 is 0 Å². The molecule has 0 amide bonds. The van der Waals surface area contributed by atoms with Crippen LogP contribution in [-0.2, 0) is 14.8 Å². The number of carboxylic acids is 1. The third-order valence-corrected chi connectivity index (χ3v) is 7.31. The van der Waals surface area contributed by atoms with E-state index in [9.17, 15) is 18.3 Å². The summed E-state index contributed by atoms with van der Waals surface area (Å²) in [5, 5.41) is 13.2. The first-order chi connectivity index (χ1) is 11.7. The fourth-order valence-electron chi connectivity index (χ4n) is 2.80. The van der Waals surface area contributed by atoms with Gasteiger partial charge in [-0.2, -0.15) is 9.29 Å². The second kappa shape index (κ2) is 6.50. The lowest BCUT2D eigenvalue weighted by atomic mass is 10.2. The Labute approximate surface area is 149 Å². The van der Waals surface area contributed by atoms with Crippen molar-refractivity contribution in [1.29, 1.82) is 0 Å². The topological polar surface area (TPSA) is 114 Å². The lowest BCUT2D eigenvalue weighted by Crippen LogP contribution is -2.40. The molecule has 0 unspecified atom stereocenters. The third kappa shape index (κ3) is 3.21. The Morgan fingerprint density at radius 2 is 2.20 bits per heavy atom. The Balaban J connectivity index is 1.97. The first-order valence-electron chi connectivity index (χ1n) is 7.91. The monoisotopic (exact) mass is 385 g/mol. The first-order valence-corrected chi connectivity index (χ1v) is 10.2. The van der Waals surface area contributed by atoms with Crippen molar-refractivity contribution >= 4 is 27.3 Å². The number of hydrogen-bond donors (Lipinski definition) is 1. The largest absolute Gasteiger partial charge is 0.480 e. The number of rotatable bonds is 5. The summed E-state index contributed by atoms with van der Waals surface area (Å²) in [7, 11) is -3.88. The molecule has 1 aliphatic heterocycles. The van der Waals surface area contributed by atoms with Gasteiger partial charge < -0.3 is 9.63 Å². The Bertz CT molecular complexity index is 900. The van der Waals surface area contributed by atoms with Gasteiger partial charge in [-0.3, -0.25) is 4.79 Å². The molecular formula is C15H19N3O5S2. The summed E-state index contributed by atoms with van der Waals surface area (Å²) in [4.78, 5) is 16.9. The minimum atomic E-state index is -3.88. The molecule has 2 aromatic rings. The van der Waals surface area contributed by atoms with Crippen LogP contribution < -0.4 is 0 Å². The molecule has 25 heavy (non-hydrogen) atoms. The SMILES string of the molecule is Cc1sc(-c2noc(C(C)C)n2)cc1S(=O)(=O)N1CCC[C@H]1C(=O)O. The zero-order valence-corrected chi connectivity index (χ0v) is 15.7. The molecule has 10 heteroatoms. The van der Waals surface area contributed by atoms with Gasteiger partial charge in [0, 0.05) is 17.3 Å². The molecule has 1 atom stereocenters. The van der Waals surface area contributed by atoms with Crippen molar-refractivity contribution in [2.45, 2.75) is 50.5 Å². The highest BCUT2D eigenvalue weighted by Crippen LogP contribution is 2.36. The molecule has 0 saturated carbocycles. The maximum atomic E-state index is 12.9. The molecule has 3 rings (SSSR count). The highest BCUT2D eigenvalue weighted by Gasteiger charge is 2.40. The van der Waals surface area contributed by atoms with Crippen LogP contribution in [0.3, 0.4) is 0 Å². The fraction of sp³-hybridized carbons (Fsp3) is 0.533. The van der Waals surface area contributed by atoms with Crippen LogP contribution in [0.25, 0.3) is 10.7 Å². The van der Waals surface area contributed by atoms with Crippen molar-refractivity contribution in [1.82, 2.24) is 14.4 Å². The van der Waals surface area contributed by atoms with Gasteiger partial charge in [-0.05, 0) is 25.8 Å². The molecule has 1 saturated heterocycles. The zero-order chi connectivity index (χ0) is 18.4. The quantitative estimate of drug-likeness (QED) is 0.841. The van der Waals surface area contributed by atoms with E-state index < -0.39 is 22.0 Å². The normalized spacial score (nSPS) is 19.0. The molecule has 0 aliphatic carbocycles. The van der Waals surface area contributed by atoms with Gasteiger partial charge in [-0.25, -0.2) is 8.42 Å². The van der Waals surface area contributed by atoms with Crippen LogP contribution in [0, 0.1) is 6.92 Å². The smallest absolute Gasteiger partial charge is 0.322 e. The van der Waals surface area contributed by atoms with Crippen molar-refractivity contribution in [3.63, 3.8) is 0 Å². The Morgan fingerprint density at radius 1 is 1.48 bits per heavy atom. The van der Waals surface area contributed by atoms with Gasteiger partial charge in [0.25, 0.3) is 0 Å². The second-order valence-electron chi connectivity index (χ2n) is 6.25. The summed E-state index contributed by atoms with van der Waals surface area (Å²) >= 11 is 1.25. The number of sulfonamides is 1. The number of hydrogen-bond acceptors (Lipinski definition) is 7. The number of thiophene rings is 1. The Hall–Kier alpha value is -1.78. The van der Waals surface area contributed by atoms with Gasteiger partial charge in [0.1, 0.15) is 6.04 Å². The number of aromatic nitrogens is 2. The van der Waals surface area contributed by atoms with Gasteiger partial charge in [0.15, 0.2) is 0 Å². The maximum absolute atomic E-state index is 12.9. The van der Waals surface area contributed by atoms with Gasteiger partial charge in [0.2, 0.25) is 21.7 Å². The van der Waals surface area contributed by atoms with Crippen LogP contribution in [0.2, 0.25) is 0 Å². The number of carbonyl (C=O) groups is 1. The predicted molar refractivity (Wildman–Crippen MR) is 91.0 cm³/mol. The average molecular weight is 385 g/mol. The van der Waals surface area contributed by atoms with Crippen molar-refractivity contribution in [3.05, 3.63) is 16.8 Å². The summed E-state index contributed by atoms with van der Waals surface area (Å²) < 4.78 is 32.1. The van der Waals surface area contributed by atoms with E-state index in [1.54, 1.807) is 6.92 Å². The van der Waals surface area contributed by atoms with Crippen molar-refractivity contribution in [2.75, 3.05) is 6.54 Å². The molecule has 136 valence electrons. The highest BCUT2D eigenvalue weighted by molar-refractivity contribution is 7.89. The second-order valence-corrected chi connectivity index (χ2v) is 9.37. The average Bonchev–Trinajstić information content (AvgIpc) is 3.25. The minimum absolute atomic E-state index is 0.0754. The third-order valence-electron chi connectivity index (χ3n) is 4.10. The first kappa shape index (κ1) is 18.0. The van der Waals surface area contributed by atoms with Crippen LogP contribution in [0.15, 0.2) is 15.5 Å². The maximum Gasteiger partial charge on any atom is 0.322 e. The van der Waals surface area contributed by atoms with Gasteiger partial charge in [-0.15, -0.1) is 11.3 Å². The molecule has 0 radical (unpaired) electrons. The standard InChI is InChI=1S/C15H19N3O5S2/c1-8(2)14-16-13(17-23-14)11-7-12(9(3)24-11)25(21,22)18-6-4-5-10(18)15(19)20/h7-8,10H,4-6H2,1-3H3,(H,19,20)/t10-/m0/s1. The van der Waals surface area contributed by atoms with Gasteiger partial charge in [0.05, 0.1) is 9.77 Å². The molecule has 1 N–H and O–H groups in total. The van der Waals surface area contributed by atoms with Crippen molar-refractivity contribution in [2.24, 2.45) is 0 Å². The molecule has 1 aliphatic rings. The lowest BCUT2D eigenvalue weighted by molar-refractivity contribution is -0.140. The van der Waals surface area contributed by atoms with E-state index in [0.29, 0.717) is 34.3 Å². The van der Waals surface area contributed by atoms with E-state index in [0.717, 1.165) is 4.31 Å². The number of nitrogens with zero attached hydrogens (tertiary/aromatic N) is 3. The van der Waals surface area contributed by atoms with Crippen LogP contribution in [0.4, 0.5) is 0 Å². The van der Waals surface area contributed by atoms with Crippen LogP contribution in [0.1, 0.15) is 43.4 Å². The molecule has 2 aromatic heterocycles. The van der Waals surface area contributed by atoms with Crippen molar-refractivity contribution in [3.8, 4) is 10.7 Å². The van der Waals surface area contributed by atoms with E-state index in [1.807, 2.05) is 13.8 Å². The zero-order valence-electron chi connectivity index (χ0n) is 14.1. The summed E-state index contributed by atoms with van der Waals surface area (Å²) in [6.07, 6.45) is 0.863. The molecule has 0 aromatic carbocycles. The highest BCUT2D eigenvalue weighted by atomic mass is 32.2. The van der Waals surface area contributed by atoms with E-state index in [2.05, 4.69) is 10.1 Å². The van der Waals surface area contributed by atoms with Gasteiger partial charge >= 0.3 is 5.97 Å². The summed E-state index contributed by atoms with van der Waals surface area (Å²) in [5.41, 5.74) is 0. The molecule has 8 nitrogen and oxygen atoms in total. The fourth-order valence-corrected chi connectivity index (χ4v) is 5.94. The van der Waals surface area contributed by atoms with E-state index in [1.165, 1.54) is 17.4 Å². The Morgan fingerprint density at radius 3 is 2.80 bits per heavy atom. The van der Waals surface area contributed by atoms with Crippen LogP contribution in [0.5, 0.6) is 0 Å². The summed E-state index contributed by atoms with van der Waals surface area (Å²) in [6, 6.07) is 0.493. The van der Waals surface area contributed by atoms with E-state index in [-0.39, 0.29) is 17.4 Å². The molecular weight excluding hydrogens is 366 g/mol. The number of carboxylic acid groups (broad SMARTS) is 1. The summed E-state index contributed by atoms with van der Waals surface area (Å²) in [5.74, 6) is -0.217. The van der Waals surface area contributed by atoms with Gasteiger partial charge in [-0.1, -0.05) is 19.0 Å².